The van der Waals surface area contributed by atoms with Gasteiger partial charge in [-0.2, -0.15) is 0 Å². The molecule has 1 aliphatic heterocycles. The van der Waals surface area contributed by atoms with Crippen LogP contribution in [0.4, 0.5) is 0 Å². The number of hydrogen-bond acceptors (Lipinski definition) is 3. The molecule has 4 heteroatoms. The van der Waals surface area contributed by atoms with Gasteiger partial charge in [-0.25, -0.2) is 0 Å². The van der Waals surface area contributed by atoms with Crippen molar-refractivity contribution in [2.24, 2.45) is 0 Å². The zero-order valence-corrected chi connectivity index (χ0v) is 12.7. The fourth-order valence-corrected chi connectivity index (χ4v) is 3.47. The fourth-order valence-electron chi connectivity index (χ4n) is 2.40. The van der Waals surface area contributed by atoms with Crippen LogP contribution in [-0.2, 0) is 9.31 Å². The molecule has 0 amide bonds. The van der Waals surface area contributed by atoms with Crippen LogP contribution in [0.25, 0.3) is 0 Å². The molecule has 3 rings (SSSR count). The molecule has 0 N–H and O–H groups in total. The van der Waals surface area contributed by atoms with Gasteiger partial charge in [0.1, 0.15) is 0 Å². The summed E-state index contributed by atoms with van der Waals surface area (Å²) in [6.45, 7) is 10.6. The number of hydrogen-bond donors (Lipinski definition) is 0. The van der Waals surface area contributed by atoms with Crippen molar-refractivity contribution in [1.82, 2.24) is 0 Å². The highest BCUT2D eigenvalue weighted by Gasteiger charge is 2.52. The number of thiophene rings is 1. The summed E-state index contributed by atoms with van der Waals surface area (Å²) in [6.07, 6.45) is 2.70. The normalized spacial score (nSPS) is 25.7. The summed E-state index contributed by atoms with van der Waals surface area (Å²) in [4.78, 5) is 1.43. The Morgan fingerprint density at radius 2 is 1.72 bits per heavy atom. The van der Waals surface area contributed by atoms with Crippen molar-refractivity contribution in [3.05, 3.63) is 16.5 Å². The van der Waals surface area contributed by atoms with Crippen molar-refractivity contribution < 1.29 is 9.31 Å². The first-order valence-corrected chi connectivity index (χ1v) is 7.58. The van der Waals surface area contributed by atoms with Crippen molar-refractivity contribution in [1.29, 1.82) is 0 Å². The fraction of sp³-hybridized carbons (Fsp3) is 0.714. The van der Waals surface area contributed by atoms with Crippen LogP contribution in [0, 0.1) is 6.92 Å². The van der Waals surface area contributed by atoms with E-state index in [2.05, 4.69) is 40.7 Å². The van der Waals surface area contributed by atoms with Crippen LogP contribution in [0.15, 0.2) is 6.07 Å². The van der Waals surface area contributed by atoms with Crippen molar-refractivity contribution in [2.45, 2.75) is 64.6 Å². The zero-order chi connectivity index (χ0) is 13.1. The summed E-state index contributed by atoms with van der Waals surface area (Å²) in [7, 11) is -0.189. The van der Waals surface area contributed by atoms with E-state index >= 15 is 0 Å². The molecule has 0 unspecified atom stereocenters. The van der Waals surface area contributed by atoms with E-state index in [1.165, 1.54) is 28.1 Å². The van der Waals surface area contributed by atoms with E-state index in [9.17, 15) is 0 Å². The Morgan fingerprint density at radius 1 is 1.17 bits per heavy atom. The molecule has 2 heterocycles. The van der Waals surface area contributed by atoms with Crippen molar-refractivity contribution >= 4 is 23.2 Å². The molecule has 0 bridgehead atoms. The second-order valence-corrected chi connectivity index (χ2v) is 7.81. The Labute approximate surface area is 114 Å². The predicted molar refractivity (Wildman–Crippen MR) is 76.7 cm³/mol. The molecule has 0 spiro atoms. The van der Waals surface area contributed by atoms with E-state index < -0.39 is 0 Å². The van der Waals surface area contributed by atoms with Crippen LogP contribution in [0.2, 0.25) is 0 Å². The number of aryl methyl sites for hydroxylation is 1. The lowest BCUT2D eigenvalue weighted by molar-refractivity contribution is 0.00578. The smallest absolute Gasteiger partial charge is 0.399 e. The molecule has 0 atom stereocenters. The molecular formula is C14H21BO2S. The van der Waals surface area contributed by atoms with Gasteiger partial charge in [0.25, 0.3) is 0 Å². The van der Waals surface area contributed by atoms with Crippen LogP contribution >= 0.6 is 11.3 Å². The Kier molecular flexibility index (Phi) is 2.71. The summed E-state index contributed by atoms with van der Waals surface area (Å²) < 4.78 is 13.4. The SMILES string of the molecule is Cc1sc(B2OC(C)(C)C(C)(C)O2)cc1C1CC1. The maximum absolute atomic E-state index is 6.11. The second-order valence-electron chi connectivity index (χ2n) is 6.52. The first kappa shape index (κ1) is 12.7. The van der Waals surface area contributed by atoms with Crippen LogP contribution < -0.4 is 4.78 Å². The van der Waals surface area contributed by atoms with Crippen LogP contribution in [0.5, 0.6) is 0 Å². The maximum Gasteiger partial charge on any atom is 0.505 e. The Bertz CT molecular complexity index is 458. The molecule has 1 saturated carbocycles. The van der Waals surface area contributed by atoms with Gasteiger partial charge in [-0.15, -0.1) is 11.3 Å². The van der Waals surface area contributed by atoms with Gasteiger partial charge in [0.05, 0.1) is 11.2 Å². The quantitative estimate of drug-likeness (QED) is 0.763. The summed E-state index contributed by atoms with van der Waals surface area (Å²) in [5, 5.41) is 0. The summed E-state index contributed by atoms with van der Waals surface area (Å²) >= 11 is 1.83. The van der Waals surface area contributed by atoms with Gasteiger partial charge in [-0.3, -0.25) is 0 Å². The highest BCUT2D eigenvalue weighted by molar-refractivity contribution is 7.22. The van der Waals surface area contributed by atoms with E-state index in [0.29, 0.717) is 0 Å². The third-order valence-corrected chi connectivity index (χ3v) is 5.57. The highest BCUT2D eigenvalue weighted by Crippen LogP contribution is 2.43. The molecule has 0 aromatic carbocycles. The molecule has 98 valence electrons. The van der Waals surface area contributed by atoms with Crippen molar-refractivity contribution in [3.8, 4) is 0 Å². The molecule has 1 aromatic rings. The Balaban J connectivity index is 1.86. The summed E-state index contributed by atoms with van der Waals surface area (Å²) in [5.41, 5.74) is 1.04. The van der Waals surface area contributed by atoms with E-state index in [1.807, 2.05) is 11.3 Å². The number of rotatable bonds is 2. The predicted octanol–water partition coefficient (Wildman–Crippen LogP) is 3.23. The standard InChI is InChI=1S/C14H21BO2S/c1-9-11(10-6-7-10)8-12(18-9)15-16-13(2,3)14(4,5)17-15/h8,10H,6-7H2,1-5H3. The average molecular weight is 264 g/mol. The zero-order valence-electron chi connectivity index (χ0n) is 11.9. The van der Waals surface area contributed by atoms with Gasteiger partial charge >= 0.3 is 7.12 Å². The van der Waals surface area contributed by atoms with Crippen molar-refractivity contribution in [2.75, 3.05) is 0 Å². The topological polar surface area (TPSA) is 18.5 Å². The average Bonchev–Trinajstić information content (AvgIpc) is 2.95. The second kappa shape index (κ2) is 3.84. The maximum atomic E-state index is 6.11. The van der Waals surface area contributed by atoms with Crippen LogP contribution in [-0.4, -0.2) is 18.3 Å². The lowest BCUT2D eigenvalue weighted by atomic mass is 9.87. The first-order chi connectivity index (χ1) is 8.30. The largest absolute Gasteiger partial charge is 0.505 e. The molecule has 2 fully saturated rings. The van der Waals surface area contributed by atoms with E-state index in [1.54, 1.807) is 0 Å². The first-order valence-electron chi connectivity index (χ1n) is 6.76. The third-order valence-electron chi connectivity index (χ3n) is 4.48. The molecular weight excluding hydrogens is 243 g/mol. The highest BCUT2D eigenvalue weighted by atomic mass is 32.1. The third kappa shape index (κ3) is 1.95. The monoisotopic (exact) mass is 264 g/mol. The molecule has 0 radical (unpaired) electrons. The minimum Gasteiger partial charge on any atom is -0.399 e. The van der Waals surface area contributed by atoms with Gasteiger partial charge in [0.15, 0.2) is 0 Å². The van der Waals surface area contributed by atoms with E-state index in [4.69, 9.17) is 9.31 Å². The minimum absolute atomic E-state index is 0.189. The molecule has 2 aliphatic rings. The van der Waals surface area contributed by atoms with Gasteiger partial charge in [0, 0.05) is 9.65 Å². The molecule has 1 aromatic heterocycles. The molecule has 2 nitrogen and oxygen atoms in total. The lowest BCUT2D eigenvalue weighted by Gasteiger charge is -2.32. The minimum atomic E-state index is -0.241. The van der Waals surface area contributed by atoms with Crippen molar-refractivity contribution in [3.63, 3.8) is 0 Å². The van der Waals surface area contributed by atoms with Gasteiger partial charge < -0.3 is 9.31 Å². The molecule has 1 aliphatic carbocycles. The van der Waals surface area contributed by atoms with Gasteiger partial charge in [-0.1, -0.05) is 0 Å². The summed E-state index contributed by atoms with van der Waals surface area (Å²) in [6, 6.07) is 2.31. The van der Waals surface area contributed by atoms with Gasteiger partial charge in [0.2, 0.25) is 0 Å². The Morgan fingerprint density at radius 3 is 2.22 bits per heavy atom. The Hall–Kier alpha value is -0.315. The lowest BCUT2D eigenvalue weighted by Crippen LogP contribution is -2.41. The van der Waals surface area contributed by atoms with Gasteiger partial charge in [-0.05, 0) is 65.0 Å². The van der Waals surface area contributed by atoms with E-state index in [-0.39, 0.29) is 18.3 Å². The molecule has 1 saturated heterocycles. The summed E-state index contributed by atoms with van der Waals surface area (Å²) in [5.74, 6) is 0.803. The van der Waals surface area contributed by atoms with Crippen LogP contribution in [0.1, 0.15) is 56.9 Å². The molecule has 18 heavy (non-hydrogen) atoms. The van der Waals surface area contributed by atoms with Crippen LogP contribution in [0.3, 0.4) is 0 Å². The van der Waals surface area contributed by atoms with E-state index in [0.717, 1.165) is 5.92 Å².